The van der Waals surface area contributed by atoms with Crippen molar-refractivity contribution in [1.29, 1.82) is 5.26 Å². The molecule has 0 aliphatic heterocycles. The summed E-state index contributed by atoms with van der Waals surface area (Å²) < 4.78 is 1.90. The Hall–Kier alpha value is -2.64. The predicted molar refractivity (Wildman–Crippen MR) is 88.3 cm³/mol. The van der Waals surface area contributed by atoms with Crippen LogP contribution in [0.15, 0.2) is 36.8 Å². The van der Waals surface area contributed by atoms with Crippen LogP contribution in [0.5, 0.6) is 0 Å². The molecule has 0 spiro atoms. The zero-order chi connectivity index (χ0) is 15.7. The molecule has 0 aliphatic carbocycles. The van der Waals surface area contributed by atoms with Gasteiger partial charge < -0.3 is 4.57 Å². The SMILES string of the molecule is Cc1cc2nc(-c3cncn3C)cc(Cl)c2cc1/C=C/C#N. The third kappa shape index (κ3) is 2.47. The average Bonchev–Trinajstić information content (AvgIpc) is 2.91. The second kappa shape index (κ2) is 5.63. The lowest BCUT2D eigenvalue weighted by molar-refractivity contribution is 0.917. The molecule has 2 aromatic heterocycles. The fourth-order valence-corrected chi connectivity index (χ4v) is 2.65. The number of benzene rings is 1. The summed E-state index contributed by atoms with van der Waals surface area (Å²) in [5.41, 5.74) is 4.54. The van der Waals surface area contributed by atoms with Crippen LogP contribution in [-0.4, -0.2) is 14.5 Å². The van der Waals surface area contributed by atoms with E-state index in [0.29, 0.717) is 5.02 Å². The van der Waals surface area contributed by atoms with Gasteiger partial charge in [0.05, 0.1) is 40.5 Å². The van der Waals surface area contributed by atoms with Crippen LogP contribution in [0.2, 0.25) is 5.02 Å². The quantitative estimate of drug-likeness (QED) is 0.669. The molecule has 0 atom stereocenters. The minimum absolute atomic E-state index is 0.632. The zero-order valence-electron chi connectivity index (χ0n) is 12.2. The molecule has 5 heteroatoms. The Bertz CT molecular complexity index is 932. The molecule has 0 fully saturated rings. The Balaban J connectivity index is 2.22. The van der Waals surface area contributed by atoms with E-state index in [1.165, 1.54) is 6.08 Å². The summed E-state index contributed by atoms with van der Waals surface area (Å²) in [6, 6.07) is 7.79. The number of hydrogen-bond donors (Lipinski definition) is 0. The van der Waals surface area contributed by atoms with Crippen molar-refractivity contribution in [3.63, 3.8) is 0 Å². The van der Waals surface area contributed by atoms with Gasteiger partial charge in [0.25, 0.3) is 0 Å². The van der Waals surface area contributed by atoms with Gasteiger partial charge in [-0.2, -0.15) is 5.26 Å². The van der Waals surface area contributed by atoms with Crippen molar-refractivity contribution in [1.82, 2.24) is 14.5 Å². The molecule has 0 bridgehead atoms. The molecule has 0 aliphatic rings. The second-order valence-electron chi connectivity index (χ2n) is 5.07. The molecule has 108 valence electrons. The maximum atomic E-state index is 8.67. The molecular formula is C17H13ClN4. The summed E-state index contributed by atoms with van der Waals surface area (Å²) >= 11 is 6.43. The number of nitriles is 1. The van der Waals surface area contributed by atoms with Crippen LogP contribution in [0.4, 0.5) is 0 Å². The number of imidazole rings is 1. The van der Waals surface area contributed by atoms with Crippen molar-refractivity contribution < 1.29 is 0 Å². The van der Waals surface area contributed by atoms with E-state index in [9.17, 15) is 0 Å². The fraction of sp³-hybridized carbons (Fsp3) is 0.118. The minimum atomic E-state index is 0.632. The van der Waals surface area contributed by atoms with Crippen molar-refractivity contribution >= 4 is 28.6 Å². The Morgan fingerprint density at radius 2 is 2.14 bits per heavy atom. The first-order chi connectivity index (χ1) is 10.6. The number of aromatic nitrogens is 3. The van der Waals surface area contributed by atoms with E-state index in [2.05, 4.69) is 9.97 Å². The number of pyridine rings is 1. The van der Waals surface area contributed by atoms with Crippen LogP contribution < -0.4 is 0 Å². The molecule has 2 heterocycles. The summed E-state index contributed by atoms with van der Waals surface area (Å²) in [4.78, 5) is 8.80. The molecule has 4 nitrogen and oxygen atoms in total. The van der Waals surface area contributed by atoms with E-state index in [4.69, 9.17) is 16.9 Å². The lowest BCUT2D eigenvalue weighted by atomic mass is 10.0. The molecule has 1 aromatic carbocycles. The highest BCUT2D eigenvalue weighted by Gasteiger charge is 2.10. The van der Waals surface area contributed by atoms with Gasteiger partial charge in [0.2, 0.25) is 0 Å². The van der Waals surface area contributed by atoms with Crippen LogP contribution in [0, 0.1) is 18.3 Å². The molecule has 0 radical (unpaired) electrons. The topological polar surface area (TPSA) is 54.5 Å². The summed E-state index contributed by atoms with van der Waals surface area (Å²) in [5, 5.41) is 10.2. The van der Waals surface area contributed by atoms with Gasteiger partial charge in [0.1, 0.15) is 0 Å². The Labute approximate surface area is 133 Å². The van der Waals surface area contributed by atoms with Gasteiger partial charge in [0, 0.05) is 18.5 Å². The molecule has 22 heavy (non-hydrogen) atoms. The van der Waals surface area contributed by atoms with Crippen LogP contribution in [-0.2, 0) is 7.05 Å². The smallest absolute Gasteiger partial charge is 0.0948 e. The molecule has 3 aromatic rings. The number of hydrogen-bond acceptors (Lipinski definition) is 3. The number of rotatable bonds is 2. The summed E-state index contributed by atoms with van der Waals surface area (Å²) in [5.74, 6) is 0. The van der Waals surface area contributed by atoms with Crippen LogP contribution in [0.25, 0.3) is 28.4 Å². The van der Waals surface area contributed by atoms with Gasteiger partial charge in [-0.05, 0) is 42.3 Å². The first kappa shape index (κ1) is 14.3. The highest BCUT2D eigenvalue weighted by Crippen LogP contribution is 2.30. The van der Waals surface area contributed by atoms with Crippen LogP contribution >= 0.6 is 11.6 Å². The number of fused-ring (bicyclic) bond motifs is 1. The maximum absolute atomic E-state index is 8.67. The van der Waals surface area contributed by atoms with Crippen molar-refractivity contribution in [3.05, 3.63) is 52.9 Å². The number of halogens is 1. The highest BCUT2D eigenvalue weighted by atomic mass is 35.5. The van der Waals surface area contributed by atoms with Crippen molar-refractivity contribution in [2.45, 2.75) is 6.92 Å². The lowest BCUT2D eigenvalue weighted by Crippen LogP contribution is -1.94. The van der Waals surface area contributed by atoms with Gasteiger partial charge in [0.15, 0.2) is 0 Å². The molecule has 3 rings (SSSR count). The van der Waals surface area contributed by atoms with E-state index >= 15 is 0 Å². The lowest BCUT2D eigenvalue weighted by Gasteiger charge is -2.09. The third-order valence-electron chi connectivity index (χ3n) is 3.56. The van der Waals surface area contributed by atoms with Gasteiger partial charge >= 0.3 is 0 Å². The Kier molecular flexibility index (Phi) is 3.66. The molecule has 0 amide bonds. The molecular weight excluding hydrogens is 296 g/mol. The van der Waals surface area contributed by atoms with E-state index in [-0.39, 0.29) is 0 Å². The standard InChI is InChI=1S/C17H13ClN4/c1-11-6-15-13(7-12(11)4-3-5-19)14(18)8-16(21-15)17-9-20-10-22(17)2/h3-4,6-10H,1-2H3/b4-3+. The van der Waals surface area contributed by atoms with Gasteiger partial charge in [-0.15, -0.1) is 0 Å². The third-order valence-corrected chi connectivity index (χ3v) is 3.88. The van der Waals surface area contributed by atoms with Crippen LogP contribution in [0.3, 0.4) is 0 Å². The monoisotopic (exact) mass is 308 g/mol. The van der Waals surface area contributed by atoms with E-state index < -0.39 is 0 Å². The highest BCUT2D eigenvalue weighted by molar-refractivity contribution is 6.35. The number of nitrogens with zero attached hydrogens (tertiary/aromatic N) is 4. The number of aryl methyl sites for hydroxylation is 2. The molecule has 0 N–H and O–H groups in total. The van der Waals surface area contributed by atoms with Gasteiger partial charge in [-0.1, -0.05) is 11.6 Å². The second-order valence-corrected chi connectivity index (χ2v) is 5.47. The van der Waals surface area contributed by atoms with E-state index in [0.717, 1.165) is 33.4 Å². The summed E-state index contributed by atoms with van der Waals surface area (Å²) in [7, 11) is 1.92. The van der Waals surface area contributed by atoms with Crippen molar-refractivity contribution in [2.24, 2.45) is 7.05 Å². The summed E-state index contributed by atoms with van der Waals surface area (Å²) in [6.45, 7) is 1.99. The van der Waals surface area contributed by atoms with Crippen molar-refractivity contribution in [2.75, 3.05) is 0 Å². The maximum Gasteiger partial charge on any atom is 0.0948 e. The van der Waals surface area contributed by atoms with Gasteiger partial charge in [-0.3, -0.25) is 0 Å². The first-order valence-electron chi connectivity index (χ1n) is 6.74. The predicted octanol–water partition coefficient (Wildman–Crippen LogP) is 4.13. The fourth-order valence-electron chi connectivity index (χ4n) is 2.39. The molecule has 0 unspecified atom stereocenters. The first-order valence-corrected chi connectivity index (χ1v) is 7.11. The number of allylic oxidation sites excluding steroid dienone is 1. The van der Waals surface area contributed by atoms with Gasteiger partial charge in [-0.25, -0.2) is 9.97 Å². The largest absolute Gasteiger partial charge is 0.332 e. The zero-order valence-corrected chi connectivity index (χ0v) is 13.0. The van der Waals surface area contributed by atoms with Crippen molar-refractivity contribution in [3.8, 4) is 17.5 Å². The van der Waals surface area contributed by atoms with E-state index in [1.54, 1.807) is 18.6 Å². The van der Waals surface area contributed by atoms with Crippen LogP contribution in [0.1, 0.15) is 11.1 Å². The Morgan fingerprint density at radius 3 is 2.82 bits per heavy atom. The van der Waals surface area contributed by atoms with E-state index in [1.807, 2.05) is 42.8 Å². The summed E-state index contributed by atoms with van der Waals surface area (Å²) in [6.07, 6.45) is 6.73. The Morgan fingerprint density at radius 1 is 1.32 bits per heavy atom. The average molecular weight is 309 g/mol. The molecule has 0 saturated heterocycles. The normalized spacial score (nSPS) is 11.2. The molecule has 0 saturated carbocycles. The minimum Gasteiger partial charge on any atom is -0.332 e.